The smallest absolute Gasteiger partial charge is 0.135 e. The van der Waals surface area contributed by atoms with E-state index in [0.29, 0.717) is 0 Å². The van der Waals surface area contributed by atoms with E-state index >= 15 is 0 Å². The number of aliphatic imine (C=N–C) groups is 1. The second kappa shape index (κ2) is 6.43. The van der Waals surface area contributed by atoms with E-state index in [1.165, 1.54) is 6.33 Å². The molecule has 0 saturated heterocycles. The molecule has 0 spiro atoms. The molecule has 0 fully saturated rings. The molecule has 1 atom stereocenters. The van der Waals surface area contributed by atoms with Crippen LogP contribution in [0.3, 0.4) is 0 Å². The second-order valence-corrected chi connectivity index (χ2v) is 7.95. The van der Waals surface area contributed by atoms with Crippen molar-refractivity contribution in [2.45, 2.75) is 25.8 Å². The maximum absolute atomic E-state index is 4.84. The van der Waals surface area contributed by atoms with Crippen LogP contribution in [0.15, 0.2) is 54.4 Å². The third kappa shape index (κ3) is 2.70. The third-order valence-corrected chi connectivity index (χ3v) is 5.89. The molecule has 152 valence electrons. The van der Waals surface area contributed by atoms with Gasteiger partial charge < -0.3 is 9.55 Å². The molecule has 0 radical (unpaired) electrons. The Hall–Kier alpha value is -4.14. The largest absolute Gasteiger partial charge is 0.338 e. The van der Waals surface area contributed by atoms with Crippen LogP contribution in [0.5, 0.6) is 0 Å². The third-order valence-electron chi connectivity index (χ3n) is 5.89. The Kier molecular flexibility index (Phi) is 3.67. The summed E-state index contributed by atoms with van der Waals surface area (Å²) >= 11 is 0. The number of fused-ring (bicyclic) bond motifs is 2. The van der Waals surface area contributed by atoms with Crippen molar-refractivity contribution in [2.24, 2.45) is 4.99 Å². The zero-order valence-corrected chi connectivity index (χ0v) is 17.0. The van der Waals surface area contributed by atoms with Gasteiger partial charge in [-0.1, -0.05) is 0 Å². The van der Waals surface area contributed by atoms with Crippen LogP contribution in [0.1, 0.15) is 24.6 Å². The highest BCUT2D eigenvalue weighted by atomic mass is 15.1. The van der Waals surface area contributed by atoms with Gasteiger partial charge in [-0.25, -0.2) is 24.9 Å². The van der Waals surface area contributed by atoms with E-state index in [1.807, 2.05) is 31.6 Å². The molecule has 31 heavy (non-hydrogen) atoms. The summed E-state index contributed by atoms with van der Waals surface area (Å²) in [5, 5.41) is 7.63. The molecule has 1 unspecified atom stereocenters. The van der Waals surface area contributed by atoms with E-state index in [0.717, 1.165) is 57.2 Å². The molecule has 2 N–H and O–H groups in total. The van der Waals surface area contributed by atoms with E-state index in [4.69, 9.17) is 4.98 Å². The lowest BCUT2D eigenvalue weighted by Crippen LogP contribution is -2.32. The number of imidazole rings is 1. The van der Waals surface area contributed by atoms with Crippen LogP contribution >= 0.6 is 0 Å². The van der Waals surface area contributed by atoms with Gasteiger partial charge in [0.25, 0.3) is 0 Å². The lowest BCUT2D eigenvalue weighted by Gasteiger charge is -2.32. The Labute approximate surface area is 177 Å². The summed E-state index contributed by atoms with van der Waals surface area (Å²) in [5.74, 6) is 0.832. The Morgan fingerprint density at radius 1 is 1.16 bits per heavy atom. The fraction of sp³-hybridized carbons (Fsp3) is 0.182. The average Bonchev–Trinajstić information content (AvgIpc) is 3.52. The van der Waals surface area contributed by atoms with E-state index in [2.05, 4.69) is 58.9 Å². The average molecular weight is 409 g/mol. The minimum Gasteiger partial charge on any atom is -0.338 e. The predicted octanol–water partition coefficient (Wildman–Crippen LogP) is 3.78. The summed E-state index contributed by atoms with van der Waals surface area (Å²) in [6.07, 6.45) is 11.7. The first-order chi connectivity index (χ1) is 15.1. The molecular weight excluding hydrogens is 390 g/mol. The molecule has 9 nitrogen and oxygen atoms in total. The predicted molar refractivity (Wildman–Crippen MR) is 117 cm³/mol. The molecule has 0 saturated carbocycles. The molecule has 0 amide bonds. The summed E-state index contributed by atoms with van der Waals surface area (Å²) in [7, 11) is 0. The first-order valence-electron chi connectivity index (χ1n) is 10.00. The number of aryl methyl sites for hydroxylation is 1. The van der Waals surface area contributed by atoms with Crippen LogP contribution in [0.4, 0.5) is 5.82 Å². The molecule has 6 heterocycles. The number of nitrogens with one attached hydrogen (secondary N) is 2. The van der Waals surface area contributed by atoms with Crippen molar-refractivity contribution >= 4 is 23.1 Å². The summed E-state index contributed by atoms with van der Waals surface area (Å²) in [5.41, 5.74) is 6.73. The van der Waals surface area contributed by atoms with Crippen molar-refractivity contribution in [1.29, 1.82) is 0 Å². The van der Waals surface area contributed by atoms with Gasteiger partial charge in [0.1, 0.15) is 23.4 Å². The van der Waals surface area contributed by atoms with Crippen molar-refractivity contribution in [3.05, 3.63) is 60.7 Å². The van der Waals surface area contributed by atoms with Crippen LogP contribution in [0.2, 0.25) is 0 Å². The summed E-state index contributed by atoms with van der Waals surface area (Å²) in [6, 6.07) is 6.03. The van der Waals surface area contributed by atoms with E-state index in [-0.39, 0.29) is 5.54 Å². The number of aromatic amines is 2. The molecule has 0 bridgehead atoms. The van der Waals surface area contributed by atoms with Crippen LogP contribution in [-0.4, -0.2) is 45.9 Å². The van der Waals surface area contributed by atoms with Gasteiger partial charge in [-0.3, -0.25) is 5.10 Å². The fourth-order valence-electron chi connectivity index (χ4n) is 4.12. The van der Waals surface area contributed by atoms with Crippen LogP contribution in [-0.2, 0) is 5.54 Å². The van der Waals surface area contributed by atoms with Gasteiger partial charge in [-0.2, -0.15) is 5.10 Å². The van der Waals surface area contributed by atoms with Gasteiger partial charge >= 0.3 is 0 Å². The van der Waals surface area contributed by atoms with Gasteiger partial charge in [0.15, 0.2) is 0 Å². The van der Waals surface area contributed by atoms with E-state index in [1.54, 1.807) is 12.4 Å². The highest BCUT2D eigenvalue weighted by molar-refractivity contribution is 5.91. The zero-order valence-electron chi connectivity index (χ0n) is 17.0. The monoisotopic (exact) mass is 409 g/mol. The van der Waals surface area contributed by atoms with Gasteiger partial charge in [-0.15, -0.1) is 0 Å². The minimum absolute atomic E-state index is 0.279. The Bertz CT molecular complexity index is 1440. The number of hydrogen-bond donors (Lipinski definition) is 2. The summed E-state index contributed by atoms with van der Waals surface area (Å²) in [4.78, 5) is 25.5. The first kappa shape index (κ1) is 17.7. The maximum Gasteiger partial charge on any atom is 0.135 e. The number of H-pyrrole nitrogens is 2. The molecule has 1 aliphatic heterocycles. The maximum atomic E-state index is 4.84. The Morgan fingerprint density at radius 3 is 2.84 bits per heavy atom. The highest BCUT2D eigenvalue weighted by Gasteiger charge is 2.35. The molecule has 9 heteroatoms. The van der Waals surface area contributed by atoms with E-state index in [9.17, 15) is 0 Å². The van der Waals surface area contributed by atoms with Gasteiger partial charge in [-0.05, 0) is 32.0 Å². The normalized spacial score (nSPS) is 17.9. The van der Waals surface area contributed by atoms with Crippen molar-refractivity contribution in [3.8, 4) is 22.6 Å². The number of pyridine rings is 1. The summed E-state index contributed by atoms with van der Waals surface area (Å²) in [6.45, 7) is 4.20. The quantitative estimate of drug-likeness (QED) is 0.471. The number of aromatic nitrogens is 8. The van der Waals surface area contributed by atoms with Crippen LogP contribution in [0.25, 0.3) is 33.7 Å². The Balaban J connectivity index is 1.48. The lowest BCUT2D eigenvalue weighted by molar-refractivity contribution is 0.408. The molecule has 1 aliphatic rings. The molecule has 0 aliphatic carbocycles. The number of nitrogens with zero attached hydrogens (tertiary/aromatic N) is 7. The zero-order chi connectivity index (χ0) is 21.0. The van der Waals surface area contributed by atoms with E-state index < -0.39 is 0 Å². The molecule has 5 aromatic heterocycles. The van der Waals surface area contributed by atoms with Gasteiger partial charge in [0, 0.05) is 42.4 Å². The summed E-state index contributed by atoms with van der Waals surface area (Å²) < 4.78 is 2.15. The lowest BCUT2D eigenvalue weighted by atomic mass is 9.88. The first-order valence-corrected chi connectivity index (χ1v) is 10.00. The standard InChI is InChI=1S/C22H19N9/c1-13-10-31(12-26-13)22(2)5-6-25-21-15(22)7-18(28-21)20-19-17(29-30-20)4-3-16(27-19)14-8-23-11-24-9-14/h3-4,6-12,28H,5H2,1-2H3,(H,29,30). The topological polar surface area (TPSA) is 113 Å². The number of hydrogen-bond acceptors (Lipinski definition) is 6. The van der Waals surface area contributed by atoms with Gasteiger partial charge in [0.05, 0.1) is 34.5 Å². The van der Waals surface area contributed by atoms with Crippen molar-refractivity contribution in [3.63, 3.8) is 0 Å². The van der Waals surface area contributed by atoms with Gasteiger partial charge in [0.2, 0.25) is 0 Å². The SMILES string of the molecule is Cc1cn(C2(C)CC=Nc3[nH]c(-c4n[nH]c5ccc(-c6cncnc6)nc45)cc32)cn1. The van der Waals surface area contributed by atoms with Crippen LogP contribution in [0, 0.1) is 6.92 Å². The van der Waals surface area contributed by atoms with Crippen molar-refractivity contribution < 1.29 is 0 Å². The Morgan fingerprint density at radius 2 is 2.03 bits per heavy atom. The molecule has 5 aromatic rings. The van der Waals surface area contributed by atoms with Crippen LogP contribution < -0.4 is 0 Å². The van der Waals surface area contributed by atoms with Crippen molar-refractivity contribution in [2.75, 3.05) is 0 Å². The molecule has 0 aromatic carbocycles. The molecular formula is C22H19N9. The highest BCUT2D eigenvalue weighted by Crippen LogP contribution is 2.41. The number of rotatable bonds is 3. The minimum atomic E-state index is -0.279. The van der Waals surface area contributed by atoms with Crippen molar-refractivity contribution in [1.82, 2.24) is 39.7 Å². The molecule has 6 rings (SSSR count). The fourth-order valence-corrected chi connectivity index (χ4v) is 4.12. The second-order valence-electron chi connectivity index (χ2n) is 7.95.